The van der Waals surface area contributed by atoms with Gasteiger partial charge in [-0.05, 0) is 41.9 Å². The fourth-order valence-corrected chi connectivity index (χ4v) is 2.73. The number of hydrogen-bond donors (Lipinski definition) is 2. The second-order valence-electron chi connectivity index (χ2n) is 4.54. The number of nitrogens with one attached hydrogen (secondary N) is 1. The number of nitrogen functional groups attached to an aromatic ring is 1. The monoisotopic (exact) mass is 378 g/mol. The molecular formula is C12H16Br2N2O2. The maximum absolute atomic E-state index is 11.9. The Kier molecular flexibility index (Phi) is 5.19. The van der Waals surface area contributed by atoms with E-state index in [1.807, 2.05) is 19.9 Å². The van der Waals surface area contributed by atoms with Crippen molar-refractivity contribution in [1.29, 1.82) is 0 Å². The van der Waals surface area contributed by atoms with Gasteiger partial charge in [0.2, 0.25) is 5.91 Å². The van der Waals surface area contributed by atoms with Crippen LogP contribution in [0, 0.1) is 0 Å². The van der Waals surface area contributed by atoms with Crippen molar-refractivity contribution in [1.82, 2.24) is 0 Å². The third kappa shape index (κ3) is 4.26. The molecule has 0 fully saturated rings. The fourth-order valence-electron chi connectivity index (χ4n) is 1.37. The molecule has 0 aliphatic carbocycles. The summed E-state index contributed by atoms with van der Waals surface area (Å²) < 4.78 is 6.80. The smallest absolute Gasteiger partial charge is 0.227 e. The van der Waals surface area contributed by atoms with Crippen LogP contribution < -0.4 is 11.1 Å². The number of carbonyl (C=O) groups excluding carboxylic acids is 1. The number of amides is 1. The van der Waals surface area contributed by atoms with Crippen LogP contribution in [-0.4, -0.2) is 18.6 Å². The molecule has 0 aliphatic rings. The first-order valence-corrected chi connectivity index (χ1v) is 6.93. The van der Waals surface area contributed by atoms with Crippen molar-refractivity contribution in [2.45, 2.75) is 25.9 Å². The summed E-state index contributed by atoms with van der Waals surface area (Å²) in [5.41, 5.74) is 6.44. The second-order valence-corrected chi connectivity index (χ2v) is 6.31. The largest absolute Gasteiger partial charge is 0.397 e. The zero-order valence-electron chi connectivity index (χ0n) is 10.5. The first-order valence-electron chi connectivity index (χ1n) is 5.34. The van der Waals surface area contributed by atoms with E-state index in [1.54, 1.807) is 13.2 Å². The van der Waals surface area contributed by atoms with E-state index in [9.17, 15) is 4.79 Å². The molecule has 1 amide bonds. The van der Waals surface area contributed by atoms with E-state index in [1.165, 1.54) is 0 Å². The molecule has 3 N–H and O–H groups in total. The summed E-state index contributed by atoms with van der Waals surface area (Å²) >= 11 is 6.70. The maximum Gasteiger partial charge on any atom is 0.227 e. The highest BCUT2D eigenvalue weighted by atomic mass is 79.9. The van der Waals surface area contributed by atoms with Crippen LogP contribution in [0.25, 0.3) is 0 Å². The molecule has 100 valence electrons. The third-order valence-corrected chi connectivity index (χ3v) is 3.57. The Labute approximate surface area is 124 Å². The summed E-state index contributed by atoms with van der Waals surface area (Å²) in [6.07, 6.45) is 0.255. The van der Waals surface area contributed by atoms with Crippen molar-refractivity contribution in [3.05, 3.63) is 21.1 Å². The van der Waals surface area contributed by atoms with E-state index >= 15 is 0 Å². The van der Waals surface area contributed by atoms with Crippen LogP contribution in [0.5, 0.6) is 0 Å². The van der Waals surface area contributed by atoms with Gasteiger partial charge in [0.1, 0.15) is 0 Å². The molecule has 1 rings (SSSR count). The van der Waals surface area contributed by atoms with E-state index < -0.39 is 5.60 Å². The number of nitrogens with two attached hydrogens (primary N) is 1. The second kappa shape index (κ2) is 6.04. The minimum absolute atomic E-state index is 0.142. The molecule has 0 heterocycles. The number of benzene rings is 1. The third-order valence-electron chi connectivity index (χ3n) is 2.49. The van der Waals surface area contributed by atoms with E-state index in [-0.39, 0.29) is 12.3 Å². The number of anilines is 2. The molecule has 0 saturated heterocycles. The average molecular weight is 380 g/mol. The first kappa shape index (κ1) is 15.5. The number of hydrogen-bond acceptors (Lipinski definition) is 3. The van der Waals surface area contributed by atoms with Crippen molar-refractivity contribution in [2.24, 2.45) is 0 Å². The lowest BCUT2D eigenvalue weighted by molar-refractivity contribution is -0.121. The lowest BCUT2D eigenvalue weighted by atomic mass is 10.0. The zero-order valence-corrected chi connectivity index (χ0v) is 13.7. The van der Waals surface area contributed by atoms with Gasteiger partial charge < -0.3 is 15.8 Å². The molecule has 6 heteroatoms. The SMILES string of the molecule is COC(C)(C)CC(=O)Nc1c(N)cc(Br)cc1Br. The summed E-state index contributed by atoms with van der Waals surface area (Å²) in [5, 5.41) is 2.78. The molecule has 1 aromatic rings. The van der Waals surface area contributed by atoms with Crippen LogP contribution in [-0.2, 0) is 9.53 Å². The van der Waals surface area contributed by atoms with E-state index in [0.717, 1.165) is 8.95 Å². The fraction of sp³-hybridized carbons (Fsp3) is 0.417. The zero-order chi connectivity index (χ0) is 13.9. The molecule has 4 nitrogen and oxygen atoms in total. The van der Waals surface area contributed by atoms with Gasteiger partial charge in [-0.2, -0.15) is 0 Å². The quantitative estimate of drug-likeness (QED) is 0.786. The summed E-state index contributed by atoms with van der Waals surface area (Å²) in [6, 6.07) is 3.56. The van der Waals surface area contributed by atoms with Crippen molar-refractivity contribution >= 4 is 49.1 Å². The van der Waals surface area contributed by atoms with Crippen molar-refractivity contribution < 1.29 is 9.53 Å². The Morgan fingerprint density at radius 1 is 1.44 bits per heavy atom. The van der Waals surface area contributed by atoms with E-state index in [4.69, 9.17) is 10.5 Å². The maximum atomic E-state index is 11.9. The van der Waals surface area contributed by atoms with Crippen LogP contribution in [0.3, 0.4) is 0 Å². The summed E-state index contributed by atoms with van der Waals surface area (Å²) in [4.78, 5) is 11.9. The van der Waals surface area contributed by atoms with Gasteiger partial charge in [0.05, 0.1) is 23.4 Å². The van der Waals surface area contributed by atoms with Gasteiger partial charge in [0, 0.05) is 16.1 Å². The Balaban J connectivity index is 2.83. The molecule has 0 saturated carbocycles. The molecule has 0 radical (unpaired) electrons. The Morgan fingerprint density at radius 2 is 2.06 bits per heavy atom. The minimum Gasteiger partial charge on any atom is -0.397 e. The standard InChI is InChI=1S/C12H16Br2N2O2/c1-12(2,18-3)6-10(17)16-11-8(14)4-7(13)5-9(11)15/h4-5H,6,15H2,1-3H3,(H,16,17). The molecule has 0 bridgehead atoms. The highest BCUT2D eigenvalue weighted by Gasteiger charge is 2.22. The molecule has 1 aromatic carbocycles. The molecule has 0 atom stereocenters. The molecule has 0 unspecified atom stereocenters. The predicted molar refractivity (Wildman–Crippen MR) is 80.6 cm³/mol. The number of halogens is 2. The van der Waals surface area contributed by atoms with Gasteiger partial charge in [-0.15, -0.1) is 0 Å². The Morgan fingerprint density at radius 3 is 2.56 bits per heavy atom. The van der Waals surface area contributed by atoms with Gasteiger partial charge >= 0.3 is 0 Å². The number of methoxy groups -OCH3 is 1. The Hall–Kier alpha value is -0.590. The van der Waals surface area contributed by atoms with Crippen LogP contribution in [0.4, 0.5) is 11.4 Å². The first-order chi connectivity index (χ1) is 8.25. The average Bonchev–Trinajstić information content (AvgIpc) is 2.22. The topological polar surface area (TPSA) is 64.3 Å². The van der Waals surface area contributed by atoms with Gasteiger partial charge in [0.25, 0.3) is 0 Å². The summed E-state index contributed by atoms with van der Waals surface area (Å²) in [5.74, 6) is -0.142. The molecule has 0 aliphatic heterocycles. The van der Waals surface area contributed by atoms with Crippen LogP contribution >= 0.6 is 31.9 Å². The summed E-state index contributed by atoms with van der Waals surface area (Å²) in [6.45, 7) is 3.71. The number of carbonyl (C=O) groups is 1. The van der Waals surface area contributed by atoms with Crippen LogP contribution in [0.2, 0.25) is 0 Å². The lowest BCUT2D eigenvalue weighted by Gasteiger charge is -2.22. The van der Waals surface area contributed by atoms with Crippen molar-refractivity contribution in [3.63, 3.8) is 0 Å². The normalized spacial score (nSPS) is 11.4. The highest BCUT2D eigenvalue weighted by Crippen LogP contribution is 2.32. The van der Waals surface area contributed by atoms with Crippen molar-refractivity contribution in [2.75, 3.05) is 18.2 Å². The van der Waals surface area contributed by atoms with Gasteiger partial charge in [0.15, 0.2) is 0 Å². The highest BCUT2D eigenvalue weighted by molar-refractivity contribution is 9.11. The van der Waals surface area contributed by atoms with Gasteiger partial charge in [-0.3, -0.25) is 4.79 Å². The number of ether oxygens (including phenoxy) is 1. The molecule has 0 aromatic heterocycles. The van der Waals surface area contributed by atoms with E-state index in [2.05, 4.69) is 37.2 Å². The molecular weight excluding hydrogens is 364 g/mol. The molecule has 18 heavy (non-hydrogen) atoms. The lowest BCUT2D eigenvalue weighted by Crippen LogP contribution is -2.29. The number of rotatable bonds is 4. The van der Waals surface area contributed by atoms with Crippen LogP contribution in [0.15, 0.2) is 21.1 Å². The minimum atomic E-state index is -0.499. The van der Waals surface area contributed by atoms with Crippen LogP contribution in [0.1, 0.15) is 20.3 Å². The summed E-state index contributed by atoms with van der Waals surface area (Å²) in [7, 11) is 1.58. The molecule has 0 spiro atoms. The Bertz CT molecular complexity index is 438. The van der Waals surface area contributed by atoms with Gasteiger partial charge in [-0.1, -0.05) is 15.9 Å². The van der Waals surface area contributed by atoms with Crippen molar-refractivity contribution in [3.8, 4) is 0 Å². The van der Waals surface area contributed by atoms with Gasteiger partial charge in [-0.25, -0.2) is 0 Å². The predicted octanol–water partition coefficient (Wildman–Crippen LogP) is 3.55. The van der Waals surface area contributed by atoms with E-state index in [0.29, 0.717) is 11.4 Å².